The first-order valence-corrected chi connectivity index (χ1v) is 8.52. The molecule has 0 saturated heterocycles. The number of aromatic nitrogens is 1. The fraction of sp³-hybridized carbons (Fsp3) is 0.158. The van der Waals surface area contributed by atoms with Crippen LogP contribution in [0.25, 0.3) is 10.8 Å². The smallest absolute Gasteiger partial charge is 0.237 e. The summed E-state index contributed by atoms with van der Waals surface area (Å²) >= 11 is 1.50. The van der Waals surface area contributed by atoms with Crippen LogP contribution in [0, 0.1) is 0 Å². The molecule has 0 aliphatic carbocycles. The van der Waals surface area contributed by atoms with Crippen molar-refractivity contribution in [3.63, 3.8) is 0 Å². The molecule has 1 atom stereocenters. The van der Waals surface area contributed by atoms with Gasteiger partial charge in [-0.25, -0.2) is 4.98 Å². The molecule has 4 heteroatoms. The molecule has 0 fully saturated rings. The first-order chi connectivity index (χ1) is 11.3. The summed E-state index contributed by atoms with van der Waals surface area (Å²) in [5.41, 5.74) is 0.855. The van der Waals surface area contributed by atoms with Gasteiger partial charge in [0.1, 0.15) is 0 Å². The lowest BCUT2D eigenvalue weighted by molar-refractivity contribution is -0.115. The van der Waals surface area contributed by atoms with Gasteiger partial charge in [0.15, 0.2) is 0 Å². The first kappa shape index (κ1) is 15.6. The zero-order valence-electron chi connectivity index (χ0n) is 12.9. The highest BCUT2D eigenvalue weighted by Gasteiger charge is 2.19. The summed E-state index contributed by atoms with van der Waals surface area (Å²) in [6.45, 7) is 2.02. The van der Waals surface area contributed by atoms with Crippen LogP contribution in [-0.4, -0.2) is 16.1 Å². The molecule has 23 heavy (non-hydrogen) atoms. The molecule has 0 bridgehead atoms. The van der Waals surface area contributed by atoms with Gasteiger partial charge in [0.25, 0.3) is 0 Å². The van der Waals surface area contributed by atoms with E-state index in [1.54, 1.807) is 6.20 Å². The molecular formula is C19H18N2OS. The van der Waals surface area contributed by atoms with Gasteiger partial charge in [-0.05, 0) is 30.0 Å². The number of fused-ring (bicyclic) bond motifs is 1. The average Bonchev–Trinajstić information content (AvgIpc) is 2.61. The molecule has 3 aromatic rings. The Morgan fingerprint density at radius 1 is 1.09 bits per heavy atom. The Hall–Kier alpha value is -2.33. The molecule has 3 nitrogen and oxygen atoms in total. The average molecular weight is 322 g/mol. The molecule has 0 spiro atoms. The monoisotopic (exact) mass is 322 g/mol. The Labute approximate surface area is 140 Å². The van der Waals surface area contributed by atoms with Crippen molar-refractivity contribution in [1.82, 2.24) is 4.98 Å². The lowest BCUT2D eigenvalue weighted by Gasteiger charge is -2.15. The number of nitrogens with zero attached hydrogens (tertiary/aromatic N) is 1. The molecule has 0 aliphatic heterocycles. The molecule has 1 unspecified atom stereocenters. The van der Waals surface area contributed by atoms with E-state index in [9.17, 15) is 4.79 Å². The molecule has 3 rings (SSSR count). The molecule has 0 radical (unpaired) electrons. The quantitative estimate of drug-likeness (QED) is 0.690. The largest absolute Gasteiger partial charge is 0.325 e. The number of carbonyl (C=O) groups is 1. The van der Waals surface area contributed by atoms with Gasteiger partial charge in [0.2, 0.25) is 5.91 Å². The van der Waals surface area contributed by atoms with Crippen molar-refractivity contribution >= 4 is 34.1 Å². The van der Waals surface area contributed by atoms with Crippen molar-refractivity contribution in [2.75, 3.05) is 5.32 Å². The number of hydrogen-bond donors (Lipinski definition) is 1. The van der Waals surface area contributed by atoms with Gasteiger partial charge in [-0.2, -0.15) is 0 Å². The minimum Gasteiger partial charge on any atom is -0.325 e. The summed E-state index contributed by atoms with van der Waals surface area (Å²) in [5.74, 6) is 0.0134. The second-order valence-corrected chi connectivity index (χ2v) is 6.42. The molecule has 1 N–H and O–H groups in total. The van der Waals surface area contributed by atoms with Gasteiger partial charge in [0, 0.05) is 17.3 Å². The maximum Gasteiger partial charge on any atom is 0.237 e. The van der Waals surface area contributed by atoms with E-state index in [1.165, 1.54) is 11.8 Å². The third kappa shape index (κ3) is 3.71. The number of pyridine rings is 1. The van der Waals surface area contributed by atoms with Crippen molar-refractivity contribution in [3.8, 4) is 0 Å². The molecule has 0 aliphatic rings. The van der Waals surface area contributed by atoms with Crippen LogP contribution in [-0.2, 0) is 4.79 Å². The lowest BCUT2D eigenvalue weighted by atomic mass is 10.1. The third-order valence-electron chi connectivity index (χ3n) is 3.61. The van der Waals surface area contributed by atoms with Crippen LogP contribution in [0.5, 0.6) is 0 Å². The molecular weight excluding hydrogens is 304 g/mol. The van der Waals surface area contributed by atoms with E-state index in [0.29, 0.717) is 0 Å². The normalized spacial score (nSPS) is 12.0. The highest BCUT2D eigenvalue weighted by molar-refractivity contribution is 8.00. The van der Waals surface area contributed by atoms with Gasteiger partial charge in [-0.3, -0.25) is 4.79 Å². The number of amides is 1. The van der Waals surface area contributed by atoms with Gasteiger partial charge < -0.3 is 5.32 Å². The zero-order valence-corrected chi connectivity index (χ0v) is 13.7. The Balaban J connectivity index is 1.79. The minimum atomic E-state index is -0.163. The van der Waals surface area contributed by atoms with E-state index in [-0.39, 0.29) is 11.2 Å². The fourth-order valence-electron chi connectivity index (χ4n) is 2.43. The topological polar surface area (TPSA) is 42.0 Å². The van der Waals surface area contributed by atoms with Crippen LogP contribution >= 0.6 is 11.8 Å². The summed E-state index contributed by atoms with van der Waals surface area (Å²) in [6.07, 6.45) is 2.50. The number of carbonyl (C=O) groups excluding carboxylic acids is 1. The highest BCUT2D eigenvalue weighted by Crippen LogP contribution is 2.27. The number of nitrogens with one attached hydrogen (secondary N) is 1. The Morgan fingerprint density at radius 3 is 2.65 bits per heavy atom. The van der Waals surface area contributed by atoms with Gasteiger partial charge in [-0.1, -0.05) is 61.2 Å². The second-order valence-electron chi connectivity index (χ2n) is 5.20. The van der Waals surface area contributed by atoms with Crippen LogP contribution in [0.15, 0.2) is 71.9 Å². The number of anilines is 1. The van der Waals surface area contributed by atoms with Crippen LogP contribution in [0.3, 0.4) is 0 Å². The number of rotatable bonds is 5. The lowest BCUT2D eigenvalue weighted by Crippen LogP contribution is -2.24. The molecule has 1 amide bonds. The molecule has 1 heterocycles. The zero-order chi connectivity index (χ0) is 16.1. The van der Waals surface area contributed by atoms with Gasteiger partial charge in [0.05, 0.1) is 10.3 Å². The third-order valence-corrected chi connectivity index (χ3v) is 4.93. The van der Waals surface area contributed by atoms with Crippen LogP contribution in [0.1, 0.15) is 13.3 Å². The van der Waals surface area contributed by atoms with Crippen LogP contribution in [0.4, 0.5) is 5.69 Å². The van der Waals surface area contributed by atoms with Crippen molar-refractivity contribution in [3.05, 3.63) is 66.9 Å². The van der Waals surface area contributed by atoms with Crippen molar-refractivity contribution in [1.29, 1.82) is 0 Å². The van der Waals surface area contributed by atoms with Gasteiger partial charge >= 0.3 is 0 Å². The van der Waals surface area contributed by atoms with E-state index in [0.717, 1.165) is 27.9 Å². The van der Waals surface area contributed by atoms with E-state index < -0.39 is 0 Å². The SMILES string of the molecule is CCC(Sc1ccccn1)C(=O)Nc1cccc2ccccc12. The molecule has 116 valence electrons. The highest BCUT2D eigenvalue weighted by atomic mass is 32.2. The Morgan fingerprint density at radius 2 is 1.87 bits per heavy atom. The van der Waals surface area contributed by atoms with Crippen molar-refractivity contribution in [2.24, 2.45) is 0 Å². The summed E-state index contributed by atoms with van der Waals surface area (Å²) in [7, 11) is 0. The van der Waals surface area contributed by atoms with E-state index in [1.807, 2.05) is 67.6 Å². The molecule has 1 aromatic heterocycles. The maximum atomic E-state index is 12.6. The van der Waals surface area contributed by atoms with Crippen LogP contribution in [0.2, 0.25) is 0 Å². The standard InChI is InChI=1S/C19H18N2OS/c1-2-17(23-18-12-5-6-13-20-18)19(22)21-16-11-7-9-14-8-3-4-10-15(14)16/h3-13,17H,2H2,1H3,(H,21,22). The molecule has 2 aromatic carbocycles. The van der Waals surface area contributed by atoms with Gasteiger partial charge in [-0.15, -0.1) is 0 Å². The minimum absolute atomic E-state index is 0.0134. The Bertz CT molecular complexity index is 799. The summed E-state index contributed by atoms with van der Waals surface area (Å²) in [4.78, 5) is 16.9. The Kier molecular flexibility index (Phi) is 4.93. The van der Waals surface area contributed by atoms with E-state index in [4.69, 9.17) is 0 Å². The van der Waals surface area contributed by atoms with Crippen LogP contribution < -0.4 is 5.32 Å². The summed E-state index contributed by atoms with van der Waals surface area (Å²) in [5, 5.41) is 5.95. The molecule has 0 saturated carbocycles. The summed E-state index contributed by atoms with van der Waals surface area (Å²) in [6, 6.07) is 19.7. The number of benzene rings is 2. The fourth-order valence-corrected chi connectivity index (χ4v) is 3.34. The maximum absolute atomic E-state index is 12.6. The number of thioether (sulfide) groups is 1. The summed E-state index contributed by atoms with van der Waals surface area (Å²) < 4.78 is 0. The van der Waals surface area contributed by atoms with Crippen molar-refractivity contribution < 1.29 is 4.79 Å². The predicted octanol–water partition coefficient (Wildman–Crippen LogP) is 4.74. The van der Waals surface area contributed by atoms with Crippen molar-refractivity contribution in [2.45, 2.75) is 23.6 Å². The number of hydrogen-bond acceptors (Lipinski definition) is 3. The van der Waals surface area contributed by atoms with E-state index >= 15 is 0 Å². The first-order valence-electron chi connectivity index (χ1n) is 7.64. The van der Waals surface area contributed by atoms with E-state index in [2.05, 4.69) is 10.3 Å². The second kappa shape index (κ2) is 7.29. The predicted molar refractivity (Wildman–Crippen MR) is 96.8 cm³/mol.